The first-order chi connectivity index (χ1) is 12.6. The Kier molecular flexibility index (Phi) is 3.29. The molecule has 3 heterocycles. The molecule has 0 spiro atoms. The Morgan fingerprint density at radius 2 is 1.69 bits per heavy atom. The van der Waals surface area contributed by atoms with Gasteiger partial charge in [-0.1, -0.05) is 0 Å². The third kappa shape index (κ3) is 2.03. The number of urea groups is 1. The van der Waals surface area contributed by atoms with E-state index in [1.165, 1.54) is 4.90 Å². The topological polar surface area (TPSA) is 86.9 Å². The number of fused-ring (bicyclic) bond motifs is 3. The van der Waals surface area contributed by atoms with Crippen LogP contribution < -0.4 is 15.5 Å². The minimum absolute atomic E-state index is 0.129. The molecule has 5 rings (SSSR count). The van der Waals surface area contributed by atoms with E-state index < -0.39 is 11.9 Å². The molecule has 136 valence electrons. The van der Waals surface area contributed by atoms with E-state index in [0.29, 0.717) is 18.3 Å². The molecule has 4 aliphatic rings. The zero-order valence-corrected chi connectivity index (χ0v) is 14.5. The van der Waals surface area contributed by atoms with Crippen LogP contribution in [0.3, 0.4) is 0 Å². The number of hydrogen-bond acceptors (Lipinski definition) is 3. The molecule has 2 N–H and O–H groups in total. The van der Waals surface area contributed by atoms with E-state index in [-0.39, 0.29) is 23.9 Å². The summed E-state index contributed by atoms with van der Waals surface area (Å²) in [7, 11) is 0. The quantitative estimate of drug-likeness (QED) is 0.891. The van der Waals surface area contributed by atoms with Gasteiger partial charge < -0.3 is 15.5 Å². The molecule has 1 aromatic carbocycles. The van der Waals surface area contributed by atoms with Gasteiger partial charge in [0.2, 0.25) is 11.8 Å². The normalized spacial score (nSPS) is 32.7. The predicted molar refractivity (Wildman–Crippen MR) is 95.6 cm³/mol. The summed E-state index contributed by atoms with van der Waals surface area (Å²) >= 11 is 0. The number of carbonyl (C=O) groups is 3. The molecule has 1 aromatic rings. The van der Waals surface area contributed by atoms with E-state index in [1.807, 2.05) is 29.2 Å². The maximum Gasteiger partial charge on any atom is 0.325 e. The van der Waals surface area contributed by atoms with Crippen molar-refractivity contribution in [2.45, 2.75) is 50.2 Å². The van der Waals surface area contributed by atoms with Gasteiger partial charge in [0.05, 0.1) is 6.04 Å². The number of amides is 4. The van der Waals surface area contributed by atoms with Gasteiger partial charge in [-0.2, -0.15) is 0 Å². The van der Waals surface area contributed by atoms with E-state index in [0.717, 1.165) is 37.8 Å². The van der Waals surface area contributed by atoms with Crippen LogP contribution in [0.15, 0.2) is 24.3 Å². The molecule has 4 amide bonds. The molecule has 4 fully saturated rings. The molecule has 3 aliphatic heterocycles. The van der Waals surface area contributed by atoms with Crippen LogP contribution in [0, 0.1) is 5.92 Å². The summed E-state index contributed by atoms with van der Waals surface area (Å²) in [6, 6.07) is 6.80. The van der Waals surface area contributed by atoms with Gasteiger partial charge in [-0.25, -0.2) is 4.79 Å². The number of anilines is 2. The zero-order valence-electron chi connectivity index (χ0n) is 14.5. The summed E-state index contributed by atoms with van der Waals surface area (Å²) in [5.41, 5.74) is 7.15. The molecule has 3 saturated heterocycles. The van der Waals surface area contributed by atoms with Gasteiger partial charge in [0, 0.05) is 29.9 Å². The van der Waals surface area contributed by atoms with Gasteiger partial charge in [0.15, 0.2) is 0 Å². The van der Waals surface area contributed by atoms with Crippen molar-refractivity contribution in [1.29, 1.82) is 0 Å². The van der Waals surface area contributed by atoms with Crippen molar-refractivity contribution in [1.82, 2.24) is 4.90 Å². The molecule has 0 aromatic heterocycles. The second-order valence-corrected chi connectivity index (χ2v) is 7.79. The lowest BCUT2D eigenvalue weighted by atomic mass is 10.0. The number of hydrogen-bond donors (Lipinski definition) is 1. The summed E-state index contributed by atoms with van der Waals surface area (Å²) in [4.78, 5) is 42.4. The van der Waals surface area contributed by atoms with E-state index in [2.05, 4.69) is 0 Å². The van der Waals surface area contributed by atoms with Crippen LogP contribution in [0.2, 0.25) is 0 Å². The molecular formula is C19H22N4O3. The molecule has 7 heteroatoms. The van der Waals surface area contributed by atoms with Crippen molar-refractivity contribution >= 4 is 29.2 Å². The number of piperidine rings is 1. The largest absolute Gasteiger partial charge is 0.368 e. The highest BCUT2D eigenvalue weighted by Gasteiger charge is 2.51. The molecule has 26 heavy (non-hydrogen) atoms. The highest BCUT2D eigenvalue weighted by atomic mass is 16.2. The summed E-state index contributed by atoms with van der Waals surface area (Å²) < 4.78 is 0. The first-order valence-corrected chi connectivity index (χ1v) is 9.38. The average Bonchev–Trinajstić information content (AvgIpc) is 3.37. The predicted octanol–water partition coefficient (Wildman–Crippen LogP) is 1.46. The van der Waals surface area contributed by atoms with Gasteiger partial charge in [0.1, 0.15) is 6.04 Å². The van der Waals surface area contributed by atoms with Gasteiger partial charge in [0.25, 0.3) is 0 Å². The standard InChI is InChI=1S/C19H22N4O3/c20-17(24)16-15-2-1-9-21(15)19(26)23(16)13-7-5-12(6-8-13)22-14-4-3-11(10-14)18(22)25/h5-8,11,14-16H,1-4,9-10H2,(H2,20,24)/t11?,14?,15-,16?/m1/s1. The van der Waals surface area contributed by atoms with Crippen molar-refractivity contribution in [2.24, 2.45) is 11.7 Å². The Hall–Kier alpha value is -2.57. The van der Waals surface area contributed by atoms with Gasteiger partial charge >= 0.3 is 6.03 Å². The number of rotatable bonds is 3. The lowest BCUT2D eigenvalue weighted by Crippen LogP contribution is -2.46. The number of nitrogens with zero attached hydrogens (tertiary/aromatic N) is 3. The van der Waals surface area contributed by atoms with Crippen molar-refractivity contribution in [3.63, 3.8) is 0 Å². The Bertz CT molecular complexity index is 792. The summed E-state index contributed by atoms with van der Waals surface area (Å²) in [6.45, 7) is 0.674. The molecule has 3 unspecified atom stereocenters. The van der Waals surface area contributed by atoms with Crippen molar-refractivity contribution in [2.75, 3.05) is 16.3 Å². The third-order valence-electron chi connectivity index (χ3n) is 6.45. The Balaban J connectivity index is 1.44. The van der Waals surface area contributed by atoms with E-state index in [1.54, 1.807) is 4.90 Å². The van der Waals surface area contributed by atoms with Crippen molar-refractivity contribution in [3.8, 4) is 0 Å². The fraction of sp³-hybridized carbons (Fsp3) is 0.526. The number of benzene rings is 1. The fourth-order valence-electron chi connectivity index (χ4n) is 5.28. The Morgan fingerprint density at radius 3 is 2.31 bits per heavy atom. The second kappa shape index (κ2) is 5.46. The van der Waals surface area contributed by atoms with Gasteiger partial charge in [-0.15, -0.1) is 0 Å². The summed E-state index contributed by atoms with van der Waals surface area (Å²) in [6.07, 6.45) is 4.72. The van der Waals surface area contributed by atoms with Crippen molar-refractivity contribution < 1.29 is 14.4 Å². The smallest absolute Gasteiger partial charge is 0.325 e. The highest BCUT2D eigenvalue weighted by Crippen LogP contribution is 2.42. The van der Waals surface area contributed by atoms with Crippen LogP contribution >= 0.6 is 0 Å². The number of nitrogens with two attached hydrogens (primary N) is 1. The maximum atomic E-state index is 12.8. The molecule has 7 nitrogen and oxygen atoms in total. The van der Waals surface area contributed by atoms with Crippen LogP contribution in [-0.2, 0) is 9.59 Å². The van der Waals surface area contributed by atoms with Crippen LogP contribution in [0.4, 0.5) is 16.2 Å². The van der Waals surface area contributed by atoms with Crippen LogP contribution in [0.1, 0.15) is 32.1 Å². The Morgan fingerprint density at radius 1 is 1.00 bits per heavy atom. The maximum absolute atomic E-state index is 12.8. The molecule has 1 saturated carbocycles. The molecule has 2 bridgehead atoms. The molecular weight excluding hydrogens is 332 g/mol. The minimum Gasteiger partial charge on any atom is -0.368 e. The second-order valence-electron chi connectivity index (χ2n) is 7.79. The first kappa shape index (κ1) is 15.7. The average molecular weight is 354 g/mol. The summed E-state index contributed by atoms with van der Waals surface area (Å²) in [5, 5.41) is 0. The fourth-order valence-corrected chi connectivity index (χ4v) is 5.28. The lowest BCUT2D eigenvalue weighted by Gasteiger charge is -2.28. The van der Waals surface area contributed by atoms with Crippen LogP contribution in [0.25, 0.3) is 0 Å². The lowest BCUT2D eigenvalue weighted by molar-refractivity contribution is -0.121. The van der Waals surface area contributed by atoms with E-state index in [9.17, 15) is 14.4 Å². The van der Waals surface area contributed by atoms with Crippen molar-refractivity contribution in [3.05, 3.63) is 24.3 Å². The third-order valence-corrected chi connectivity index (χ3v) is 6.45. The summed E-state index contributed by atoms with van der Waals surface area (Å²) in [5.74, 6) is -0.0861. The first-order valence-electron chi connectivity index (χ1n) is 9.38. The Labute approximate surface area is 151 Å². The number of carbonyl (C=O) groups excluding carboxylic acids is 3. The zero-order chi connectivity index (χ0) is 18.0. The SMILES string of the molecule is NC(=O)C1[C@H]2CCCN2C(=O)N1c1ccc(N2C(=O)C3CCC2C3)cc1. The van der Waals surface area contributed by atoms with Gasteiger partial charge in [-0.05, 0) is 56.4 Å². The van der Waals surface area contributed by atoms with E-state index >= 15 is 0 Å². The minimum atomic E-state index is -0.625. The van der Waals surface area contributed by atoms with Crippen LogP contribution in [-0.4, -0.2) is 47.4 Å². The molecule has 0 radical (unpaired) electrons. The van der Waals surface area contributed by atoms with Gasteiger partial charge in [-0.3, -0.25) is 14.5 Å². The highest BCUT2D eigenvalue weighted by molar-refractivity contribution is 6.04. The van der Waals surface area contributed by atoms with Crippen LogP contribution in [0.5, 0.6) is 0 Å². The number of primary amides is 1. The monoisotopic (exact) mass is 354 g/mol. The molecule has 4 atom stereocenters. The van der Waals surface area contributed by atoms with E-state index in [4.69, 9.17) is 5.73 Å². The molecule has 1 aliphatic carbocycles.